The van der Waals surface area contributed by atoms with Crippen LogP contribution >= 0.6 is 11.6 Å². The van der Waals surface area contributed by atoms with Gasteiger partial charge in [-0.3, -0.25) is 14.6 Å². The molecule has 2 heterocycles. The van der Waals surface area contributed by atoms with Crippen LogP contribution in [0.5, 0.6) is 5.75 Å². The maximum atomic E-state index is 14.2. The third-order valence-corrected chi connectivity index (χ3v) is 7.96. The minimum absolute atomic E-state index is 0.0484. The first-order valence-electron chi connectivity index (χ1n) is 14.4. The fourth-order valence-electron chi connectivity index (χ4n) is 5.48. The van der Waals surface area contributed by atoms with E-state index in [1.807, 2.05) is 48.5 Å². The van der Waals surface area contributed by atoms with Gasteiger partial charge in [-0.25, -0.2) is 4.79 Å². The molecule has 3 aromatic carbocycles. The second-order valence-corrected chi connectivity index (χ2v) is 11.2. The monoisotopic (exact) mass is 614 g/mol. The molecule has 1 fully saturated rings. The quantitative estimate of drug-likeness (QED) is 0.149. The lowest BCUT2D eigenvalue weighted by Crippen LogP contribution is -2.69. The van der Waals surface area contributed by atoms with Gasteiger partial charge in [0.15, 0.2) is 0 Å². The maximum absolute atomic E-state index is 14.2. The van der Waals surface area contributed by atoms with E-state index in [0.29, 0.717) is 13.1 Å². The fraction of sp³-hybridized carbons (Fsp3) is 0.273. The molecule has 0 bridgehead atoms. The van der Waals surface area contributed by atoms with Crippen molar-refractivity contribution in [2.75, 3.05) is 19.6 Å². The van der Waals surface area contributed by atoms with Gasteiger partial charge in [0.1, 0.15) is 18.0 Å². The molecule has 3 aromatic rings. The summed E-state index contributed by atoms with van der Waals surface area (Å²) in [6.07, 6.45) is 2.66. The van der Waals surface area contributed by atoms with Gasteiger partial charge >= 0.3 is 6.03 Å². The molecule has 1 unspecified atom stereocenters. The molecular weight excluding hydrogens is 580 g/mol. The third kappa shape index (κ3) is 7.27. The van der Waals surface area contributed by atoms with E-state index in [1.54, 1.807) is 41.5 Å². The van der Waals surface area contributed by atoms with E-state index in [0.717, 1.165) is 27.9 Å². The van der Waals surface area contributed by atoms with E-state index in [2.05, 4.69) is 27.5 Å². The van der Waals surface area contributed by atoms with Crippen LogP contribution in [0.2, 0.25) is 0 Å². The minimum Gasteiger partial charge on any atom is -0.508 e. The minimum atomic E-state index is -0.924. The standard InChI is InChI=1S/C33H35ClN6O4/c1-2-15-35-19-30(42)40-28(16-22-11-13-25(41)14-12-22)32(43)39(20-24-9-6-10-26-27(34)18-36-31(24)26)21-29(40)38-33(44)37-17-23-7-4-3-5-8-23/h2-14,18,27-29,35,41H,1,15-17,19-21H2,(H2,37,38,44)/t27?,28-,29+/m0/s1. The van der Waals surface area contributed by atoms with Crippen molar-refractivity contribution in [3.63, 3.8) is 0 Å². The zero-order chi connectivity index (χ0) is 31.1. The highest BCUT2D eigenvalue weighted by Gasteiger charge is 2.44. The van der Waals surface area contributed by atoms with Crippen LogP contribution in [0.1, 0.15) is 27.6 Å². The summed E-state index contributed by atoms with van der Waals surface area (Å²) in [7, 11) is 0. The van der Waals surface area contributed by atoms with Crippen LogP contribution in [0.25, 0.3) is 0 Å². The second-order valence-electron chi connectivity index (χ2n) is 10.7. The Morgan fingerprint density at radius 2 is 1.82 bits per heavy atom. The lowest BCUT2D eigenvalue weighted by molar-refractivity contribution is -0.156. The normalized spacial score (nSPS) is 19.0. The number of carbonyl (C=O) groups is 3. The summed E-state index contributed by atoms with van der Waals surface area (Å²) < 4.78 is 0. The number of urea groups is 1. The second kappa shape index (κ2) is 14.2. The SMILES string of the molecule is C=CCNCC(=O)N1[C@@H](NC(=O)NCc2ccccc2)CN(Cc2cccc3c2N=CC3Cl)C(=O)[C@@H]1Cc1ccc(O)cc1. The lowest BCUT2D eigenvalue weighted by atomic mass is 9.98. The first-order chi connectivity index (χ1) is 21.3. The predicted molar refractivity (Wildman–Crippen MR) is 170 cm³/mol. The summed E-state index contributed by atoms with van der Waals surface area (Å²) in [5, 5.41) is 18.3. The molecule has 5 rings (SSSR count). The number of piperazine rings is 1. The topological polar surface area (TPSA) is 126 Å². The Labute approximate surface area is 261 Å². The van der Waals surface area contributed by atoms with Gasteiger partial charge in [0.25, 0.3) is 0 Å². The van der Waals surface area contributed by atoms with Gasteiger partial charge in [-0.05, 0) is 28.8 Å². The number of halogens is 1. The molecule has 228 valence electrons. The average Bonchev–Trinajstić information content (AvgIpc) is 3.41. The molecule has 4 amide bonds. The largest absolute Gasteiger partial charge is 0.508 e. The molecule has 11 heteroatoms. The van der Waals surface area contributed by atoms with Gasteiger partial charge in [0.2, 0.25) is 11.8 Å². The van der Waals surface area contributed by atoms with Crippen molar-refractivity contribution in [3.05, 3.63) is 108 Å². The summed E-state index contributed by atoms with van der Waals surface area (Å²) in [5.74, 6) is -0.510. The van der Waals surface area contributed by atoms with Crippen LogP contribution in [-0.2, 0) is 29.1 Å². The lowest BCUT2D eigenvalue weighted by Gasteiger charge is -2.46. The number of fused-ring (bicyclic) bond motifs is 1. The number of alkyl halides is 1. The number of nitrogens with one attached hydrogen (secondary N) is 3. The van der Waals surface area contributed by atoms with Gasteiger partial charge in [-0.1, -0.05) is 66.7 Å². The van der Waals surface area contributed by atoms with Crippen molar-refractivity contribution in [1.29, 1.82) is 0 Å². The number of phenols is 1. The van der Waals surface area contributed by atoms with Crippen molar-refractivity contribution in [1.82, 2.24) is 25.8 Å². The highest BCUT2D eigenvalue weighted by Crippen LogP contribution is 2.38. The van der Waals surface area contributed by atoms with E-state index < -0.39 is 18.2 Å². The van der Waals surface area contributed by atoms with E-state index in [9.17, 15) is 19.5 Å². The Balaban J connectivity index is 1.45. The molecule has 0 spiro atoms. The van der Waals surface area contributed by atoms with E-state index in [-0.39, 0.29) is 49.0 Å². The number of amides is 4. The fourth-order valence-corrected chi connectivity index (χ4v) is 5.71. The third-order valence-electron chi connectivity index (χ3n) is 7.62. The Kier molecular flexibility index (Phi) is 9.93. The molecular formula is C33H35ClN6O4. The summed E-state index contributed by atoms with van der Waals surface area (Å²) in [6.45, 7) is 4.62. The van der Waals surface area contributed by atoms with Crippen LogP contribution in [-0.4, -0.2) is 70.8 Å². The van der Waals surface area contributed by atoms with Crippen molar-refractivity contribution in [3.8, 4) is 5.75 Å². The van der Waals surface area contributed by atoms with Crippen LogP contribution < -0.4 is 16.0 Å². The number of para-hydroxylation sites is 1. The van der Waals surface area contributed by atoms with E-state index in [4.69, 9.17) is 11.6 Å². The molecule has 2 aliphatic heterocycles. The first-order valence-corrected chi connectivity index (χ1v) is 14.9. The number of nitrogens with zero attached hydrogens (tertiary/aromatic N) is 3. The molecule has 0 radical (unpaired) electrons. The summed E-state index contributed by atoms with van der Waals surface area (Å²) in [5.41, 5.74) is 4.09. The number of rotatable bonds is 11. The Bertz CT molecular complexity index is 1530. The number of phenolic OH excluding ortho intramolecular Hbond substituents is 1. The van der Waals surface area contributed by atoms with Gasteiger partial charge in [-0.2, -0.15) is 0 Å². The molecule has 4 N–H and O–H groups in total. The number of hydrogen-bond acceptors (Lipinski definition) is 6. The predicted octanol–water partition coefficient (Wildman–Crippen LogP) is 3.77. The summed E-state index contributed by atoms with van der Waals surface area (Å²) in [6, 6.07) is 20.3. The molecule has 1 saturated heterocycles. The zero-order valence-electron chi connectivity index (χ0n) is 24.2. The van der Waals surface area contributed by atoms with Crippen LogP contribution in [0.15, 0.2) is 90.4 Å². The summed E-state index contributed by atoms with van der Waals surface area (Å²) in [4.78, 5) is 48.7. The van der Waals surface area contributed by atoms with Crippen molar-refractivity contribution < 1.29 is 19.5 Å². The highest BCUT2D eigenvalue weighted by molar-refractivity contribution is 6.29. The van der Waals surface area contributed by atoms with Crippen LogP contribution in [0, 0.1) is 0 Å². The maximum Gasteiger partial charge on any atom is 0.316 e. The molecule has 2 aliphatic rings. The number of aliphatic imine (C=N–C) groups is 1. The first kappa shape index (κ1) is 30.8. The molecule has 44 heavy (non-hydrogen) atoms. The number of carbonyl (C=O) groups excluding carboxylic acids is 3. The van der Waals surface area contributed by atoms with Crippen molar-refractivity contribution in [2.45, 2.75) is 37.1 Å². The Hall–Kier alpha value is -4.67. The molecule has 0 aromatic heterocycles. The van der Waals surface area contributed by atoms with Gasteiger partial charge in [0, 0.05) is 37.8 Å². The smallest absolute Gasteiger partial charge is 0.316 e. The molecule has 0 aliphatic carbocycles. The number of hydrogen-bond donors (Lipinski definition) is 4. The van der Waals surface area contributed by atoms with Gasteiger partial charge < -0.3 is 30.9 Å². The van der Waals surface area contributed by atoms with Gasteiger partial charge in [-0.15, -0.1) is 18.2 Å². The van der Waals surface area contributed by atoms with Gasteiger partial charge in [0.05, 0.1) is 24.2 Å². The number of aromatic hydroxyl groups is 1. The highest BCUT2D eigenvalue weighted by atomic mass is 35.5. The van der Waals surface area contributed by atoms with E-state index >= 15 is 0 Å². The van der Waals surface area contributed by atoms with Crippen LogP contribution in [0.4, 0.5) is 10.5 Å². The molecule has 3 atom stereocenters. The Morgan fingerprint density at radius 1 is 1.05 bits per heavy atom. The number of benzene rings is 3. The summed E-state index contributed by atoms with van der Waals surface area (Å²) >= 11 is 6.41. The van der Waals surface area contributed by atoms with Crippen molar-refractivity contribution in [2.24, 2.45) is 4.99 Å². The van der Waals surface area contributed by atoms with E-state index in [1.165, 1.54) is 4.90 Å². The van der Waals surface area contributed by atoms with Crippen molar-refractivity contribution >= 4 is 41.3 Å². The zero-order valence-corrected chi connectivity index (χ0v) is 24.9. The average molecular weight is 615 g/mol. The Morgan fingerprint density at radius 3 is 2.57 bits per heavy atom. The molecule has 0 saturated carbocycles. The molecule has 10 nitrogen and oxygen atoms in total. The van der Waals surface area contributed by atoms with Crippen LogP contribution in [0.3, 0.4) is 0 Å².